The van der Waals surface area contributed by atoms with Crippen LogP contribution in [0.3, 0.4) is 0 Å². The normalized spacial score (nSPS) is 10.3. The predicted molar refractivity (Wildman–Crippen MR) is 139 cm³/mol. The van der Waals surface area contributed by atoms with E-state index >= 15 is 0 Å². The molecular formula is C27H39NO4S. The van der Waals surface area contributed by atoms with Crippen LogP contribution in [0.25, 0.3) is 0 Å². The summed E-state index contributed by atoms with van der Waals surface area (Å²) < 4.78 is 16.4. The molecule has 0 saturated heterocycles. The van der Waals surface area contributed by atoms with Crippen molar-refractivity contribution in [3.63, 3.8) is 0 Å². The number of aliphatic hydroxyl groups excluding tert-OH is 1. The molecule has 0 spiro atoms. The summed E-state index contributed by atoms with van der Waals surface area (Å²) in [6.07, 6.45) is 1.65. The number of aryl methyl sites for hydroxylation is 3. The lowest BCUT2D eigenvalue weighted by Gasteiger charge is -2.14. The molecule has 0 radical (unpaired) electrons. The zero-order valence-electron chi connectivity index (χ0n) is 20.7. The van der Waals surface area contributed by atoms with E-state index in [1.807, 2.05) is 47.6 Å². The topological polar surface area (TPSA) is 92.8 Å². The van der Waals surface area contributed by atoms with Crippen LogP contribution in [0.15, 0.2) is 71.6 Å². The molecule has 0 saturated carbocycles. The number of rotatable bonds is 6. The standard InChI is InChI=1S/C17H20O3.C6H7NOS.2C2H6/c1-12-10-14(4-3-9-18)11-13(2)17(12)20-16-7-5-15(19)6-8-16;7-9(8)6-4-2-1-3-5-6;2*1-2/h5-8,10-11,18-19H,3-4,9H2,1-2H3;1-5H,7H2;2*1-2H3. The van der Waals surface area contributed by atoms with Crippen LogP contribution in [-0.4, -0.2) is 21.0 Å². The molecule has 3 rings (SSSR count). The van der Waals surface area contributed by atoms with E-state index in [4.69, 9.17) is 15.0 Å². The Kier molecular flexibility index (Phi) is 16.4. The molecule has 1 atom stereocenters. The first kappa shape index (κ1) is 30.3. The van der Waals surface area contributed by atoms with Crippen LogP contribution in [-0.2, 0) is 17.4 Å². The lowest BCUT2D eigenvalue weighted by Crippen LogP contribution is -2.01. The van der Waals surface area contributed by atoms with E-state index in [0.29, 0.717) is 10.6 Å². The summed E-state index contributed by atoms with van der Waals surface area (Å²) in [4.78, 5) is 0.664. The van der Waals surface area contributed by atoms with Crippen molar-refractivity contribution >= 4 is 11.0 Å². The number of nitrogens with two attached hydrogens (primary N) is 1. The van der Waals surface area contributed by atoms with Gasteiger partial charge >= 0.3 is 0 Å². The van der Waals surface area contributed by atoms with Crippen molar-refractivity contribution in [3.05, 3.63) is 83.4 Å². The van der Waals surface area contributed by atoms with Gasteiger partial charge in [-0.25, -0.2) is 9.35 Å². The molecule has 0 heterocycles. The maximum Gasteiger partial charge on any atom is 0.133 e. The molecule has 0 bridgehead atoms. The van der Waals surface area contributed by atoms with E-state index in [0.717, 1.165) is 29.7 Å². The van der Waals surface area contributed by atoms with Gasteiger partial charge < -0.3 is 14.9 Å². The number of benzene rings is 3. The van der Waals surface area contributed by atoms with Crippen LogP contribution in [0, 0.1) is 13.8 Å². The molecule has 0 amide bonds. The molecule has 4 N–H and O–H groups in total. The third-order valence-corrected chi connectivity index (χ3v) is 4.91. The fourth-order valence-corrected chi connectivity index (χ4v) is 3.24. The number of hydrogen-bond donors (Lipinski definition) is 3. The minimum atomic E-state index is -1.33. The van der Waals surface area contributed by atoms with Gasteiger partial charge in [0, 0.05) is 6.61 Å². The van der Waals surface area contributed by atoms with Gasteiger partial charge in [0.2, 0.25) is 0 Å². The minimum absolute atomic E-state index is 0.212. The quantitative estimate of drug-likeness (QED) is 0.384. The highest BCUT2D eigenvalue weighted by Crippen LogP contribution is 2.30. The molecule has 182 valence electrons. The predicted octanol–water partition coefficient (Wildman–Crippen LogP) is 6.45. The maximum atomic E-state index is 10.5. The summed E-state index contributed by atoms with van der Waals surface area (Å²) in [6, 6.07) is 19.8. The Labute approximate surface area is 201 Å². The van der Waals surface area contributed by atoms with Crippen LogP contribution in [0.1, 0.15) is 50.8 Å². The smallest absolute Gasteiger partial charge is 0.133 e. The molecule has 0 aliphatic rings. The van der Waals surface area contributed by atoms with Gasteiger partial charge in [0.25, 0.3) is 0 Å². The number of hydrogen-bond acceptors (Lipinski definition) is 4. The van der Waals surface area contributed by atoms with Crippen LogP contribution in [0.4, 0.5) is 0 Å². The van der Waals surface area contributed by atoms with Crippen molar-refractivity contribution in [3.8, 4) is 17.2 Å². The van der Waals surface area contributed by atoms with Gasteiger partial charge in [-0.15, -0.1) is 0 Å². The molecule has 0 aromatic heterocycles. The van der Waals surface area contributed by atoms with Gasteiger partial charge in [0.1, 0.15) is 28.2 Å². The van der Waals surface area contributed by atoms with Crippen molar-refractivity contribution in [1.82, 2.24) is 0 Å². The summed E-state index contributed by atoms with van der Waals surface area (Å²) in [7, 11) is -1.33. The highest BCUT2D eigenvalue weighted by atomic mass is 32.2. The summed E-state index contributed by atoms with van der Waals surface area (Å²) in [6.45, 7) is 12.3. The summed E-state index contributed by atoms with van der Waals surface area (Å²) >= 11 is 0. The second-order valence-corrected chi connectivity index (χ2v) is 7.66. The first-order chi connectivity index (χ1) is 15.9. The Morgan fingerprint density at radius 2 is 1.39 bits per heavy atom. The molecule has 33 heavy (non-hydrogen) atoms. The van der Waals surface area contributed by atoms with Crippen LogP contribution < -0.4 is 9.88 Å². The Balaban J connectivity index is 0.000000658. The molecule has 0 fully saturated rings. The largest absolute Gasteiger partial charge is 0.508 e. The summed E-state index contributed by atoms with van der Waals surface area (Å²) in [5, 5.41) is 23.3. The van der Waals surface area contributed by atoms with Gasteiger partial charge in [-0.3, -0.25) is 0 Å². The highest BCUT2D eigenvalue weighted by molar-refractivity contribution is 7.82. The van der Waals surface area contributed by atoms with E-state index < -0.39 is 11.0 Å². The van der Waals surface area contributed by atoms with Crippen LogP contribution >= 0.6 is 0 Å². The Hall–Kier alpha value is -2.67. The van der Waals surface area contributed by atoms with Gasteiger partial charge in [-0.2, -0.15) is 0 Å². The number of phenolic OH excluding ortho intramolecular Hbond substituents is 1. The maximum absolute atomic E-state index is 10.5. The lowest BCUT2D eigenvalue weighted by molar-refractivity contribution is 0.288. The van der Waals surface area contributed by atoms with Gasteiger partial charge in [0.05, 0.1) is 4.90 Å². The molecule has 3 aromatic rings. The Morgan fingerprint density at radius 3 is 1.82 bits per heavy atom. The summed E-state index contributed by atoms with van der Waals surface area (Å²) in [5.41, 5.74) is 3.36. The summed E-state index contributed by atoms with van der Waals surface area (Å²) in [5.74, 6) is 1.78. The second kappa shape index (κ2) is 17.8. The molecule has 3 aromatic carbocycles. The van der Waals surface area contributed by atoms with Gasteiger partial charge in [-0.1, -0.05) is 58.0 Å². The van der Waals surface area contributed by atoms with Crippen LogP contribution in [0.2, 0.25) is 0 Å². The monoisotopic (exact) mass is 473 g/mol. The second-order valence-electron chi connectivity index (χ2n) is 6.59. The zero-order chi connectivity index (χ0) is 25.2. The molecule has 1 unspecified atom stereocenters. The van der Waals surface area contributed by atoms with Gasteiger partial charge in [0.15, 0.2) is 0 Å². The van der Waals surface area contributed by atoms with E-state index in [2.05, 4.69) is 12.1 Å². The molecule has 6 heteroatoms. The molecule has 5 nitrogen and oxygen atoms in total. The van der Waals surface area contributed by atoms with E-state index in [1.54, 1.807) is 48.5 Å². The molecular weight excluding hydrogens is 434 g/mol. The van der Waals surface area contributed by atoms with E-state index in [-0.39, 0.29) is 12.4 Å². The van der Waals surface area contributed by atoms with E-state index in [9.17, 15) is 9.32 Å². The van der Waals surface area contributed by atoms with Crippen LogP contribution in [0.5, 0.6) is 17.2 Å². The third-order valence-electron chi connectivity index (χ3n) is 4.18. The minimum Gasteiger partial charge on any atom is -0.508 e. The average molecular weight is 474 g/mol. The Bertz CT molecular complexity index is 906. The molecule has 0 aliphatic heterocycles. The highest BCUT2D eigenvalue weighted by Gasteiger charge is 2.08. The van der Waals surface area contributed by atoms with Crippen molar-refractivity contribution in [1.29, 1.82) is 0 Å². The number of ether oxygens (including phenoxy) is 1. The van der Waals surface area contributed by atoms with Crippen molar-refractivity contribution in [2.24, 2.45) is 5.14 Å². The lowest BCUT2D eigenvalue weighted by atomic mass is 10.0. The van der Waals surface area contributed by atoms with Crippen molar-refractivity contribution < 1.29 is 19.2 Å². The fraction of sp³-hybridized carbons (Fsp3) is 0.333. The van der Waals surface area contributed by atoms with Crippen molar-refractivity contribution in [2.45, 2.75) is 59.3 Å². The number of aliphatic hydroxyl groups is 1. The van der Waals surface area contributed by atoms with Crippen molar-refractivity contribution in [2.75, 3.05) is 6.61 Å². The third kappa shape index (κ3) is 11.7. The first-order valence-corrected chi connectivity index (χ1v) is 12.5. The SMILES string of the molecule is CC.CC.Cc1cc(CCCO)cc(C)c1Oc1ccc(O)cc1.NS(=O)c1ccccc1. The number of phenols is 1. The molecule has 0 aliphatic carbocycles. The fourth-order valence-electron chi connectivity index (χ4n) is 2.82. The Morgan fingerprint density at radius 1 is 0.879 bits per heavy atom. The first-order valence-electron chi connectivity index (χ1n) is 11.3. The zero-order valence-corrected chi connectivity index (χ0v) is 21.5. The van der Waals surface area contributed by atoms with Gasteiger partial charge in [-0.05, 0) is 79.8 Å². The number of aromatic hydroxyl groups is 1. The van der Waals surface area contributed by atoms with E-state index in [1.165, 1.54) is 5.56 Å². The average Bonchev–Trinajstić information content (AvgIpc) is 2.85.